The molecule has 126 valence electrons. The summed E-state index contributed by atoms with van der Waals surface area (Å²) in [6.07, 6.45) is 3.63. The third-order valence-electron chi connectivity index (χ3n) is 4.43. The Morgan fingerprint density at radius 2 is 1.84 bits per heavy atom. The second-order valence-corrected chi connectivity index (χ2v) is 6.56. The van der Waals surface area contributed by atoms with E-state index in [1.165, 1.54) is 0 Å². The maximum Gasteiger partial charge on any atom is 0.170 e. The quantitative estimate of drug-likeness (QED) is 0.708. The van der Waals surface area contributed by atoms with Gasteiger partial charge in [-0.25, -0.2) is 0 Å². The summed E-state index contributed by atoms with van der Waals surface area (Å²) in [4.78, 5) is 14.6. The fraction of sp³-hybridized carbons (Fsp3) is 0.211. The van der Waals surface area contributed by atoms with Gasteiger partial charge in [0.2, 0.25) is 0 Å². The minimum atomic E-state index is -0.00420. The number of nitrogens with zero attached hydrogens (tertiary/aromatic N) is 3. The minimum absolute atomic E-state index is 0.00420. The Morgan fingerprint density at radius 1 is 1.04 bits per heavy atom. The van der Waals surface area contributed by atoms with Crippen LogP contribution in [-0.4, -0.2) is 25.0 Å². The van der Waals surface area contributed by atoms with E-state index in [1.54, 1.807) is 0 Å². The Morgan fingerprint density at radius 3 is 2.48 bits per heavy atom. The number of aryl methyl sites for hydroxylation is 1. The van der Waals surface area contributed by atoms with Crippen molar-refractivity contribution in [3.63, 3.8) is 0 Å². The molecule has 1 saturated heterocycles. The number of hydrogen-bond acceptors (Lipinski definition) is 3. The molecule has 0 unspecified atom stereocenters. The van der Waals surface area contributed by atoms with Crippen molar-refractivity contribution in [2.45, 2.75) is 25.6 Å². The summed E-state index contributed by atoms with van der Waals surface area (Å²) in [6, 6.07) is 16.2. The Hall–Kier alpha value is -2.73. The van der Waals surface area contributed by atoms with Crippen molar-refractivity contribution < 1.29 is 0 Å². The highest BCUT2D eigenvalue weighted by Gasteiger charge is 2.40. The van der Waals surface area contributed by atoms with E-state index < -0.39 is 0 Å². The summed E-state index contributed by atoms with van der Waals surface area (Å²) in [5, 5.41) is 4.17. The van der Waals surface area contributed by atoms with Gasteiger partial charge in [0.05, 0.1) is 30.0 Å². The van der Waals surface area contributed by atoms with Crippen LogP contribution in [0.1, 0.15) is 34.9 Å². The molecule has 2 N–H and O–H groups in total. The molecule has 0 aromatic carbocycles. The lowest BCUT2D eigenvalue weighted by Crippen LogP contribution is -2.29. The van der Waals surface area contributed by atoms with Crippen LogP contribution >= 0.6 is 12.2 Å². The van der Waals surface area contributed by atoms with Gasteiger partial charge in [-0.3, -0.25) is 9.97 Å². The number of rotatable bonds is 4. The second-order valence-electron chi connectivity index (χ2n) is 6.17. The van der Waals surface area contributed by atoms with E-state index in [4.69, 9.17) is 12.2 Å². The second kappa shape index (κ2) is 6.64. The fourth-order valence-corrected chi connectivity index (χ4v) is 3.58. The van der Waals surface area contributed by atoms with Gasteiger partial charge in [0.15, 0.2) is 5.11 Å². The van der Waals surface area contributed by atoms with E-state index in [1.807, 2.05) is 48.8 Å². The highest BCUT2D eigenvalue weighted by molar-refractivity contribution is 7.80. The standard InChI is InChI=1S/C19H19N5S/c1-13-8-9-16(22-13)18-17(15-7-3-5-11-21-15)23-19(25)24(18)12-14-6-2-4-10-20-14/h2-11,17-18,22H,12H2,1H3,(H,23,25)/t17-,18+/m0/s1. The van der Waals surface area contributed by atoms with E-state index in [0.29, 0.717) is 6.54 Å². The smallest absolute Gasteiger partial charge is 0.170 e. The molecule has 3 aromatic heterocycles. The molecule has 6 heteroatoms. The van der Waals surface area contributed by atoms with Crippen molar-refractivity contribution in [2.24, 2.45) is 0 Å². The molecule has 5 nitrogen and oxygen atoms in total. The van der Waals surface area contributed by atoms with Crippen LogP contribution in [0.4, 0.5) is 0 Å². The van der Waals surface area contributed by atoms with Crippen molar-refractivity contribution in [1.29, 1.82) is 0 Å². The highest BCUT2D eigenvalue weighted by Crippen LogP contribution is 2.38. The molecule has 0 saturated carbocycles. The fourth-order valence-electron chi connectivity index (χ4n) is 3.28. The molecule has 4 rings (SSSR count). The molecule has 0 aliphatic carbocycles. The molecule has 25 heavy (non-hydrogen) atoms. The van der Waals surface area contributed by atoms with Crippen molar-refractivity contribution in [1.82, 2.24) is 25.2 Å². The molecule has 4 heterocycles. The van der Waals surface area contributed by atoms with Crippen LogP contribution in [0.2, 0.25) is 0 Å². The predicted molar refractivity (Wildman–Crippen MR) is 101 cm³/mol. The van der Waals surface area contributed by atoms with Crippen LogP contribution in [0.5, 0.6) is 0 Å². The van der Waals surface area contributed by atoms with Crippen LogP contribution in [0.15, 0.2) is 60.9 Å². The molecule has 1 aliphatic rings. The number of aromatic amines is 1. The molecule has 0 amide bonds. The Bertz CT molecular complexity index is 862. The molecule has 2 atom stereocenters. The third kappa shape index (κ3) is 3.13. The van der Waals surface area contributed by atoms with Gasteiger partial charge < -0.3 is 15.2 Å². The van der Waals surface area contributed by atoms with Crippen LogP contribution < -0.4 is 5.32 Å². The molecule has 3 aromatic rings. The van der Waals surface area contributed by atoms with E-state index in [-0.39, 0.29) is 12.1 Å². The zero-order valence-corrected chi connectivity index (χ0v) is 14.7. The van der Waals surface area contributed by atoms with Crippen molar-refractivity contribution in [3.05, 3.63) is 83.7 Å². The number of nitrogens with one attached hydrogen (secondary N) is 2. The Balaban J connectivity index is 1.72. The lowest BCUT2D eigenvalue weighted by molar-refractivity contribution is 0.303. The van der Waals surface area contributed by atoms with E-state index >= 15 is 0 Å². The van der Waals surface area contributed by atoms with Crippen molar-refractivity contribution in [3.8, 4) is 0 Å². The predicted octanol–water partition coefficient (Wildman–Crippen LogP) is 3.29. The van der Waals surface area contributed by atoms with Crippen LogP contribution in [-0.2, 0) is 6.54 Å². The Kier molecular flexibility index (Phi) is 4.19. The summed E-state index contributed by atoms with van der Waals surface area (Å²) in [5.41, 5.74) is 4.22. The average Bonchev–Trinajstić information content (AvgIpc) is 3.20. The number of H-pyrrole nitrogens is 1. The first-order valence-electron chi connectivity index (χ1n) is 8.26. The maximum atomic E-state index is 5.65. The van der Waals surface area contributed by atoms with Gasteiger partial charge in [-0.05, 0) is 55.5 Å². The molecule has 1 aliphatic heterocycles. The molecule has 0 spiro atoms. The average molecular weight is 349 g/mol. The van der Waals surface area contributed by atoms with Gasteiger partial charge in [-0.15, -0.1) is 0 Å². The Labute approximate surface area is 152 Å². The zero-order valence-electron chi connectivity index (χ0n) is 13.9. The minimum Gasteiger partial charge on any atom is -0.361 e. The van der Waals surface area contributed by atoms with Crippen LogP contribution in [0.25, 0.3) is 0 Å². The summed E-state index contributed by atoms with van der Waals surface area (Å²) in [5.74, 6) is 0. The van der Waals surface area contributed by atoms with Crippen molar-refractivity contribution in [2.75, 3.05) is 0 Å². The third-order valence-corrected chi connectivity index (χ3v) is 4.78. The van der Waals surface area contributed by atoms with Gasteiger partial charge in [0.1, 0.15) is 0 Å². The molecule has 0 radical (unpaired) electrons. The van der Waals surface area contributed by atoms with E-state index in [0.717, 1.165) is 27.9 Å². The maximum absolute atomic E-state index is 5.65. The first-order chi connectivity index (χ1) is 12.2. The molecular weight excluding hydrogens is 330 g/mol. The van der Waals surface area contributed by atoms with Gasteiger partial charge in [0, 0.05) is 23.8 Å². The van der Waals surface area contributed by atoms with Gasteiger partial charge in [-0.2, -0.15) is 0 Å². The van der Waals surface area contributed by atoms with Crippen molar-refractivity contribution >= 4 is 17.3 Å². The first kappa shape index (κ1) is 15.8. The lowest BCUT2D eigenvalue weighted by Gasteiger charge is -2.26. The summed E-state index contributed by atoms with van der Waals surface area (Å²) in [6.45, 7) is 2.71. The normalized spacial score (nSPS) is 19.9. The van der Waals surface area contributed by atoms with Gasteiger partial charge >= 0.3 is 0 Å². The molecule has 0 bridgehead atoms. The lowest BCUT2D eigenvalue weighted by atomic mass is 10.0. The largest absolute Gasteiger partial charge is 0.361 e. The number of thiocarbonyl (C=S) groups is 1. The van der Waals surface area contributed by atoms with Gasteiger partial charge in [0.25, 0.3) is 0 Å². The number of pyridine rings is 2. The summed E-state index contributed by atoms with van der Waals surface area (Å²) < 4.78 is 0. The topological polar surface area (TPSA) is 56.8 Å². The first-order valence-corrected chi connectivity index (χ1v) is 8.66. The summed E-state index contributed by atoms with van der Waals surface area (Å²) in [7, 11) is 0. The zero-order chi connectivity index (χ0) is 17.2. The summed E-state index contributed by atoms with van der Waals surface area (Å²) >= 11 is 5.65. The highest BCUT2D eigenvalue weighted by atomic mass is 32.1. The molecule has 1 fully saturated rings. The van der Waals surface area contributed by atoms with Crippen LogP contribution in [0.3, 0.4) is 0 Å². The van der Waals surface area contributed by atoms with Gasteiger partial charge in [-0.1, -0.05) is 12.1 Å². The van der Waals surface area contributed by atoms with Crippen LogP contribution in [0, 0.1) is 6.92 Å². The van der Waals surface area contributed by atoms with E-state index in [9.17, 15) is 0 Å². The monoisotopic (exact) mass is 349 g/mol. The SMILES string of the molecule is Cc1ccc([C@@H]2[C@H](c3ccccn3)NC(=S)N2Cc2ccccn2)[nH]1. The number of aromatic nitrogens is 3. The molecular formula is C19H19N5S. The number of hydrogen-bond donors (Lipinski definition) is 2. The van der Waals surface area contributed by atoms with E-state index in [2.05, 4.69) is 44.2 Å².